The summed E-state index contributed by atoms with van der Waals surface area (Å²) in [6, 6.07) is 5.48. The second-order valence-electron chi connectivity index (χ2n) is 7.94. The van der Waals surface area contributed by atoms with Crippen LogP contribution in [0.15, 0.2) is 22.7 Å². The highest BCUT2D eigenvalue weighted by atomic mass is 79.9. The first-order chi connectivity index (χ1) is 14.1. The van der Waals surface area contributed by atoms with Gasteiger partial charge in [0.1, 0.15) is 0 Å². The molecule has 0 aromatic heterocycles. The number of rotatable bonds is 7. The molecule has 0 radical (unpaired) electrons. The molecule has 2 amide bonds. The number of hydrogen-bond acceptors (Lipinski definition) is 6. The molecule has 30 heavy (non-hydrogen) atoms. The lowest BCUT2D eigenvalue weighted by Crippen LogP contribution is -2.53. The smallest absolute Gasteiger partial charge is 0.264 e. The normalized spacial score (nSPS) is 21.6. The number of halogens is 1. The van der Waals surface area contributed by atoms with E-state index < -0.39 is 26.8 Å². The monoisotopic (exact) mass is 502 g/mol. The van der Waals surface area contributed by atoms with Crippen LogP contribution in [-0.4, -0.2) is 62.1 Å². The zero-order chi connectivity index (χ0) is 21.9. The molecule has 2 aliphatic heterocycles. The summed E-state index contributed by atoms with van der Waals surface area (Å²) in [5.74, 6) is -0.917. The maximum atomic E-state index is 12.8. The highest BCUT2D eigenvalue weighted by Crippen LogP contribution is 2.26. The Morgan fingerprint density at radius 1 is 1.40 bits per heavy atom. The fourth-order valence-electron chi connectivity index (χ4n) is 3.57. The van der Waals surface area contributed by atoms with Crippen molar-refractivity contribution in [1.29, 1.82) is 0 Å². The lowest BCUT2D eigenvalue weighted by atomic mass is 9.98. The number of nitrogens with one attached hydrogen (secondary N) is 1. The third-order valence-electron chi connectivity index (χ3n) is 5.81. The Morgan fingerprint density at radius 3 is 2.83 bits per heavy atom. The predicted molar refractivity (Wildman–Crippen MR) is 114 cm³/mol. The maximum absolute atomic E-state index is 12.8. The molecule has 2 aliphatic rings. The van der Waals surface area contributed by atoms with E-state index in [0.29, 0.717) is 31.6 Å². The minimum absolute atomic E-state index is 0.0375. The number of fused-ring (bicyclic) bond motifs is 1. The van der Waals surface area contributed by atoms with Crippen LogP contribution in [0.3, 0.4) is 0 Å². The lowest BCUT2D eigenvalue weighted by Gasteiger charge is -2.33. The van der Waals surface area contributed by atoms with E-state index >= 15 is 0 Å². The summed E-state index contributed by atoms with van der Waals surface area (Å²) in [7, 11) is -3.78. The molecule has 10 heteroatoms. The second kappa shape index (κ2) is 9.33. The van der Waals surface area contributed by atoms with Gasteiger partial charge in [-0.1, -0.05) is 15.9 Å². The Morgan fingerprint density at radius 2 is 2.17 bits per heavy atom. The van der Waals surface area contributed by atoms with Crippen molar-refractivity contribution in [2.45, 2.75) is 50.1 Å². The highest BCUT2D eigenvalue weighted by molar-refractivity contribution is 9.10. The minimum Gasteiger partial charge on any atom is -0.350 e. The van der Waals surface area contributed by atoms with Crippen molar-refractivity contribution >= 4 is 37.6 Å². The van der Waals surface area contributed by atoms with Crippen molar-refractivity contribution in [3.05, 3.63) is 33.8 Å². The number of hydrogen-bond donors (Lipinski definition) is 1. The fourth-order valence-corrected chi connectivity index (χ4v) is 4.81. The molecule has 1 aromatic carbocycles. The van der Waals surface area contributed by atoms with Crippen LogP contribution in [0.2, 0.25) is 0 Å². The standard InChI is InChI=1S/C20H27BrN2O6S/c1-20(30(2,26)27,19(25)22-29-17-5-3-4-12-28-17)9-11-23-10-8-14-13-15(21)6-7-16(14)18(23)24/h6-7,13,17H,3-5,8-12H2,1-2H3,(H,22,25)/t17?,20-/m1/s1. The molecule has 8 nitrogen and oxygen atoms in total. The molecule has 2 heterocycles. The topological polar surface area (TPSA) is 102 Å². The summed E-state index contributed by atoms with van der Waals surface area (Å²) >= 11 is 3.41. The Labute approximate surface area is 185 Å². The molecule has 0 spiro atoms. The number of benzene rings is 1. The van der Waals surface area contributed by atoms with Crippen molar-refractivity contribution in [1.82, 2.24) is 10.4 Å². The second-order valence-corrected chi connectivity index (χ2v) is 11.3. The summed E-state index contributed by atoms with van der Waals surface area (Å²) in [4.78, 5) is 32.5. The highest BCUT2D eigenvalue weighted by Gasteiger charge is 2.44. The Hall–Kier alpha value is -1.49. The summed E-state index contributed by atoms with van der Waals surface area (Å²) in [6.45, 7) is 2.52. The van der Waals surface area contributed by atoms with E-state index in [1.165, 1.54) is 6.92 Å². The number of amides is 2. The van der Waals surface area contributed by atoms with Gasteiger partial charge in [-0.2, -0.15) is 0 Å². The van der Waals surface area contributed by atoms with Crippen LogP contribution in [0.5, 0.6) is 0 Å². The van der Waals surface area contributed by atoms with Crippen LogP contribution in [-0.2, 0) is 30.6 Å². The van der Waals surface area contributed by atoms with E-state index in [2.05, 4.69) is 21.4 Å². The molecule has 1 fully saturated rings. The van der Waals surface area contributed by atoms with Crippen molar-refractivity contribution in [3.8, 4) is 0 Å². The zero-order valence-corrected chi connectivity index (χ0v) is 19.6. The van der Waals surface area contributed by atoms with Crippen LogP contribution in [0.25, 0.3) is 0 Å². The summed E-state index contributed by atoms with van der Waals surface area (Å²) in [5, 5.41) is 0. The first-order valence-electron chi connectivity index (χ1n) is 9.97. The maximum Gasteiger partial charge on any atom is 0.264 e. The average molecular weight is 503 g/mol. The van der Waals surface area contributed by atoms with Gasteiger partial charge < -0.3 is 9.64 Å². The SMILES string of the molecule is C[C@@](CCN1CCc2cc(Br)ccc2C1=O)(C(=O)NOC1CCCCO1)S(C)(=O)=O. The Bertz CT molecular complexity index is 916. The van der Waals surface area contributed by atoms with Gasteiger partial charge in [0.15, 0.2) is 20.9 Å². The van der Waals surface area contributed by atoms with Crippen LogP contribution in [0, 0.1) is 0 Å². The molecule has 2 atom stereocenters. The van der Waals surface area contributed by atoms with Crippen molar-refractivity contribution < 1.29 is 27.6 Å². The number of carbonyl (C=O) groups is 2. The molecule has 1 saturated heterocycles. The number of nitrogens with zero attached hydrogens (tertiary/aromatic N) is 1. The molecule has 166 valence electrons. The van der Waals surface area contributed by atoms with Crippen LogP contribution in [0.1, 0.15) is 48.5 Å². The fraction of sp³-hybridized carbons (Fsp3) is 0.600. The molecule has 3 rings (SSSR count). The van der Waals surface area contributed by atoms with E-state index in [4.69, 9.17) is 9.57 Å². The first kappa shape index (κ1) is 23.2. The van der Waals surface area contributed by atoms with Gasteiger partial charge in [-0.3, -0.25) is 9.59 Å². The van der Waals surface area contributed by atoms with E-state index in [9.17, 15) is 18.0 Å². The van der Waals surface area contributed by atoms with Crippen molar-refractivity contribution in [3.63, 3.8) is 0 Å². The quantitative estimate of drug-likeness (QED) is 0.573. The largest absolute Gasteiger partial charge is 0.350 e. The van der Waals surface area contributed by atoms with Gasteiger partial charge in [-0.05, 0) is 56.4 Å². The molecule has 1 unspecified atom stereocenters. The van der Waals surface area contributed by atoms with Gasteiger partial charge in [-0.25, -0.2) is 18.7 Å². The van der Waals surface area contributed by atoms with Crippen LogP contribution < -0.4 is 5.48 Å². The van der Waals surface area contributed by atoms with Crippen LogP contribution in [0.4, 0.5) is 0 Å². The van der Waals surface area contributed by atoms with Gasteiger partial charge in [0.05, 0.1) is 0 Å². The summed E-state index contributed by atoms with van der Waals surface area (Å²) in [5.41, 5.74) is 3.83. The van der Waals surface area contributed by atoms with E-state index in [-0.39, 0.29) is 18.9 Å². The van der Waals surface area contributed by atoms with E-state index in [1.54, 1.807) is 17.0 Å². The molecule has 1 N–H and O–H groups in total. The molecular weight excluding hydrogens is 476 g/mol. The summed E-state index contributed by atoms with van der Waals surface area (Å²) < 4.78 is 29.5. The number of sulfone groups is 1. The van der Waals surface area contributed by atoms with E-state index in [0.717, 1.165) is 29.1 Å². The predicted octanol–water partition coefficient (Wildman–Crippen LogP) is 2.22. The van der Waals surface area contributed by atoms with Gasteiger partial charge in [0, 0.05) is 42.4 Å². The van der Waals surface area contributed by atoms with Crippen LogP contribution >= 0.6 is 15.9 Å². The number of carbonyl (C=O) groups excluding carboxylic acids is 2. The van der Waals surface area contributed by atoms with Gasteiger partial charge in [0.25, 0.3) is 11.8 Å². The van der Waals surface area contributed by atoms with Crippen molar-refractivity contribution in [2.24, 2.45) is 0 Å². The number of hydroxylamine groups is 1. The van der Waals surface area contributed by atoms with Gasteiger partial charge in [-0.15, -0.1) is 0 Å². The van der Waals surface area contributed by atoms with Crippen molar-refractivity contribution in [2.75, 3.05) is 26.0 Å². The lowest BCUT2D eigenvalue weighted by molar-refractivity contribution is -0.201. The zero-order valence-electron chi connectivity index (χ0n) is 17.1. The first-order valence-corrected chi connectivity index (χ1v) is 12.7. The molecular formula is C20H27BrN2O6S. The van der Waals surface area contributed by atoms with Gasteiger partial charge >= 0.3 is 0 Å². The Kier molecular flexibility index (Phi) is 7.21. The summed E-state index contributed by atoms with van der Waals surface area (Å²) in [6.07, 6.45) is 3.56. The third-order valence-corrected chi connectivity index (χ3v) is 8.33. The van der Waals surface area contributed by atoms with E-state index in [1.807, 2.05) is 6.07 Å². The minimum atomic E-state index is -3.78. The molecule has 0 bridgehead atoms. The molecule has 1 aromatic rings. The molecule has 0 aliphatic carbocycles. The van der Waals surface area contributed by atoms with Gasteiger partial charge in [0.2, 0.25) is 0 Å². The number of ether oxygens (including phenoxy) is 1. The third kappa shape index (κ3) is 5.04. The molecule has 0 saturated carbocycles. The Balaban J connectivity index is 1.66. The average Bonchev–Trinajstić information content (AvgIpc) is 2.71.